The molecule has 192 valence electrons. The highest BCUT2D eigenvalue weighted by atomic mass is 32.1. The van der Waals surface area contributed by atoms with Gasteiger partial charge in [-0.1, -0.05) is 23.4 Å². The molecule has 0 saturated carbocycles. The molecule has 0 aliphatic heterocycles. The van der Waals surface area contributed by atoms with E-state index in [2.05, 4.69) is 20.6 Å². The summed E-state index contributed by atoms with van der Waals surface area (Å²) in [7, 11) is 0. The molecule has 1 aromatic carbocycles. The molecule has 4 aromatic rings. The number of carbonyl (C=O) groups is 2. The molecule has 1 amide bonds. The number of pyridine rings is 1. The third-order valence-electron chi connectivity index (χ3n) is 5.36. The van der Waals surface area contributed by atoms with Gasteiger partial charge in [0.1, 0.15) is 35.0 Å². The molecule has 11 nitrogen and oxygen atoms in total. The lowest BCUT2D eigenvalue weighted by atomic mass is 9.96. The minimum atomic E-state index is -1.29. The van der Waals surface area contributed by atoms with E-state index < -0.39 is 35.9 Å². The Bertz CT molecular complexity index is 1480. The summed E-state index contributed by atoms with van der Waals surface area (Å²) in [6.45, 7) is 2.69. The molecule has 6 N–H and O–H groups in total. The number of thiophene rings is 1. The van der Waals surface area contributed by atoms with E-state index >= 15 is 0 Å². The zero-order valence-electron chi connectivity index (χ0n) is 19.7. The van der Waals surface area contributed by atoms with Crippen LogP contribution in [0.25, 0.3) is 10.4 Å². The number of rotatable bonds is 9. The van der Waals surface area contributed by atoms with Crippen LogP contribution in [0.15, 0.2) is 48.7 Å². The van der Waals surface area contributed by atoms with Crippen LogP contribution >= 0.6 is 11.3 Å². The molecule has 0 radical (unpaired) electrons. The van der Waals surface area contributed by atoms with Gasteiger partial charge in [-0.3, -0.25) is 9.59 Å². The van der Waals surface area contributed by atoms with E-state index in [1.54, 1.807) is 38.1 Å². The lowest BCUT2D eigenvalue weighted by Crippen LogP contribution is -2.15. The molecule has 13 heteroatoms. The van der Waals surface area contributed by atoms with Gasteiger partial charge in [-0.25, -0.2) is 14.1 Å². The summed E-state index contributed by atoms with van der Waals surface area (Å²) in [5.41, 5.74) is 5.39. The predicted octanol–water partition coefficient (Wildman–Crippen LogP) is 2.78. The highest BCUT2D eigenvalue weighted by molar-refractivity contribution is 7.19. The van der Waals surface area contributed by atoms with E-state index in [0.717, 1.165) is 16.0 Å². The predicted molar refractivity (Wildman–Crippen MR) is 133 cm³/mol. The molecule has 0 spiro atoms. The number of anilines is 2. The van der Waals surface area contributed by atoms with Crippen LogP contribution in [0.5, 0.6) is 0 Å². The number of aliphatic hydroxyl groups is 2. The number of nitrogens with two attached hydrogens (primary N) is 1. The van der Waals surface area contributed by atoms with Crippen molar-refractivity contribution in [3.63, 3.8) is 0 Å². The zero-order valence-corrected chi connectivity index (χ0v) is 20.5. The molecule has 0 bridgehead atoms. The number of halogens is 1. The number of carboxylic acid groups (broad SMARTS) is 1. The standard InChI is InChI=1S/C24H23FN6O5S/c1-24(2,36)12-6-7-13(15(25)8-12)18-9-14(22(26)35)23(37-18)28-19-5-3-4-16(27-19)21(34)17-10-31(30-29-17)11-20(32)33/h3-10,21,34,36H,11H2,1-2H3,(H2,26,35)(H,27,28)(H,32,33). The SMILES string of the molecule is CC(C)(O)c1ccc(-c2cc(C(N)=O)c(Nc3cccc(C(O)c4cn(CC(=O)O)nn4)n3)s2)c(F)c1. The highest BCUT2D eigenvalue weighted by Gasteiger charge is 2.22. The maximum Gasteiger partial charge on any atom is 0.325 e. The van der Waals surface area contributed by atoms with Gasteiger partial charge in [-0.15, -0.1) is 16.4 Å². The number of hydrogen-bond acceptors (Lipinski definition) is 9. The van der Waals surface area contributed by atoms with Crippen LogP contribution in [-0.2, 0) is 16.9 Å². The van der Waals surface area contributed by atoms with E-state index in [4.69, 9.17) is 10.8 Å². The van der Waals surface area contributed by atoms with Crippen LogP contribution in [0.4, 0.5) is 15.2 Å². The van der Waals surface area contributed by atoms with Crippen LogP contribution in [-0.4, -0.2) is 47.2 Å². The van der Waals surface area contributed by atoms with Crippen molar-refractivity contribution in [3.05, 3.63) is 77.0 Å². The fourth-order valence-electron chi connectivity index (χ4n) is 3.49. The van der Waals surface area contributed by atoms with Crippen LogP contribution in [0.2, 0.25) is 0 Å². The smallest absolute Gasteiger partial charge is 0.325 e. The number of carboxylic acids is 1. The van der Waals surface area contributed by atoms with Crippen molar-refractivity contribution in [2.45, 2.75) is 32.1 Å². The summed E-state index contributed by atoms with van der Waals surface area (Å²) < 4.78 is 16.0. The van der Waals surface area contributed by atoms with Gasteiger partial charge in [0.2, 0.25) is 0 Å². The third kappa shape index (κ3) is 5.80. The van der Waals surface area contributed by atoms with E-state index in [1.807, 2.05) is 0 Å². The maximum atomic E-state index is 14.9. The molecule has 1 unspecified atom stereocenters. The second kappa shape index (κ2) is 10.0. The van der Waals surface area contributed by atoms with E-state index in [9.17, 15) is 24.2 Å². The van der Waals surface area contributed by atoms with Crippen LogP contribution in [0.3, 0.4) is 0 Å². The average Bonchev–Trinajstić information content (AvgIpc) is 3.45. The Morgan fingerprint density at radius 2 is 1.97 bits per heavy atom. The first kappa shape index (κ1) is 25.9. The molecule has 3 heterocycles. The van der Waals surface area contributed by atoms with Gasteiger partial charge in [0.05, 0.1) is 23.1 Å². The van der Waals surface area contributed by atoms with Gasteiger partial charge < -0.3 is 26.4 Å². The van der Waals surface area contributed by atoms with Gasteiger partial charge in [0, 0.05) is 10.4 Å². The Kier molecular flexibility index (Phi) is 7.03. The fourth-order valence-corrected chi connectivity index (χ4v) is 4.59. The monoisotopic (exact) mass is 526 g/mol. The second-order valence-electron chi connectivity index (χ2n) is 8.68. The Morgan fingerprint density at radius 3 is 2.62 bits per heavy atom. The largest absolute Gasteiger partial charge is 0.480 e. The maximum absolute atomic E-state index is 14.9. The van der Waals surface area contributed by atoms with Crippen molar-refractivity contribution in [3.8, 4) is 10.4 Å². The van der Waals surface area contributed by atoms with Crippen molar-refractivity contribution >= 4 is 34.0 Å². The molecule has 1 atom stereocenters. The lowest BCUT2D eigenvalue weighted by molar-refractivity contribution is -0.137. The first-order chi connectivity index (χ1) is 17.4. The summed E-state index contributed by atoms with van der Waals surface area (Å²) in [6.07, 6.45) is 0.0110. The number of aliphatic carboxylic acids is 1. The number of amides is 1. The minimum absolute atomic E-state index is 0.104. The number of benzene rings is 1. The molecular weight excluding hydrogens is 503 g/mol. The fraction of sp³-hybridized carbons (Fsp3) is 0.208. The van der Waals surface area contributed by atoms with Gasteiger partial charge in [0.15, 0.2) is 0 Å². The molecule has 4 rings (SSSR count). The third-order valence-corrected chi connectivity index (χ3v) is 6.45. The van der Waals surface area contributed by atoms with E-state index in [0.29, 0.717) is 15.4 Å². The van der Waals surface area contributed by atoms with Crippen molar-refractivity contribution in [1.29, 1.82) is 0 Å². The Hall–Kier alpha value is -4.20. The number of aromatic nitrogens is 4. The summed E-state index contributed by atoms with van der Waals surface area (Å²) >= 11 is 1.08. The molecule has 0 fully saturated rings. The van der Waals surface area contributed by atoms with Crippen molar-refractivity contribution in [1.82, 2.24) is 20.0 Å². The minimum Gasteiger partial charge on any atom is -0.480 e. The molecule has 3 aromatic heterocycles. The van der Waals surface area contributed by atoms with E-state index in [-0.39, 0.29) is 28.3 Å². The normalized spacial score (nSPS) is 12.4. The first-order valence-corrected chi connectivity index (χ1v) is 11.7. The summed E-state index contributed by atoms with van der Waals surface area (Å²) in [6, 6.07) is 10.6. The molecule has 0 saturated heterocycles. The zero-order chi connectivity index (χ0) is 26.9. The molecular formula is C24H23FN6O5S. The van der Waals surface area contributed by atoms with Crippen LogP contribution in [0.1, 0.15) is 47.3 Å². The summed E-state index contributed by atoms with van der Waals surface area (Å²) in [5.74, 6) is -2.14. The van der Waals surface area contributed by atoms with Crippen molar-refractivity contribution < 1.29 is 29.3 Å². The van der Waals surface area contributed by atoms with Gasteiger partial charge in [-0.2, -0.15) is 0 Å². The quantitative estimate of drug-likeness (QED) is 0.219. The van der Waals surface area contributed by atoms with E-state index in [1.165, 1.54) is 24.4 Å². The average molecular weight is 527 g/mol. The number of nitrogens with one attached hydrogen (secondary N) is 1. The number of aliphatic hydroxyl groups excluding tert-OH is 1. The number of nitrogens with zero attached hydrogens (tertiary/aromatic N) is 4. The van der Waals surface area contributed by atoms with Crippen molar-refractivity contribution in [2.24, 2.45) is 5.73 Å². The summed E-state index contributed by atoms with van der Waals surface area (Å²) in [5, 5.41) is 40.4. The lowest BCUT2D eigenvalue weighted by Gasteiger charge is -2.18. The topological polar surface area (TPSA) is 176 Å². The second-order valence-corrected chi connectivity index (χ2v) is 9.73. The molecule has 37 heavy (non-hydrogen) atoms. The number of hydrogen-bond donors (Lipinski definition) is 5. The van der Waals surface area contributed by atoms with Crippen molar-refractivity contribution in [2.75, 3.05) is 5.32 Å². The Labute approximate surface area is 214 Å². The van der Waals surface area contributed by atoms with Gasteiger partial charge in [-0.05, 0) is 43.7 Å². The first-order valence-electron chi connectivity index (χ1n) is 10.9. The number of primary amides is 1. The molecule has 0 aliphatic rings. The highest BCUT2D eigenvalue weighted by Crippen LogP contribution is 2.39. The Morgan fingerprint density at radius 1 is 1.22 bits per heavy atom. The van der Waals surface area contributed by atoms with Crippen LogP contribution < -0.4 is 11.1 Å². The van der Waals surface area contributed by atoms with Gasteiger partial charge >= 0.3 is 5.97 Å². The van der Waals surface area contributed by atoms with Gasteiger partial charge in [0.25, 0.3) is 5.91 Å². The van der Waals surface area contributed by atoms with Crippen LogP contribution in [0, 0.1) is 5.82 Å². The summed E-state index contributed by atoms with van der Waals surface area (Å²) in [4.78, 5) is 27.7. The Balaban J connectivity index is 1.61. The molecule has 0 aliphatic carbocycles. The number of carbonyl (C=O) groups excluding carboxylic acids is 1.